The third kappa shape index (κ3) is 5.04. The highest BCUT2D eigenvalue weighted by atomic mass is 19.2. The summed E-state index contributed by atoms with van der Waals surface area (Å²) in [5, 5.41) is 0. The van der Waals surface area contributed by atoms with Crippen LogP contribution in [0.25, 0.3) is 40.5 Å². The normalized spacial score (nSPS) is 11.1. The van der Waals surface area contributed by atoms with Crippen LogP contribution in [0.1, 0.15) is 23.6 Å². The maximum atomic E-state index is 14.9. The van der Waals surface area contributed by atoms with Gasteiger partial charge in [0.05, 0.1) is 6.61 Å². The van der Waals surface area contributed by atoms with Gasteiger partial charge in [-0.15, -0.1) is 0 Å². The van der Waals surface area contributed by atoms with Crippen molar-refractivity contribution < 1.29 is 22.3 Å². The Kier molecular flexibility index (Phi) is 7.16. The molecule has 0 aliphatic heterocycles. The zero-order valence-electron chi connectivity index (χ0n) is 19.0. The van der Waals surface area contributed by atoms with Gasteiger partial charge >= 0.3 is 0 Å². The molecule has 0 amide bonds. The van der Waals surface area contributed by atoms with E-state index >= 15 is 0 Å². The van der Waals surface area contributed by atoms with Gasteiger partial charge in [-0.05, 0) is 41.3 Å². The van der Waals surface area contributed by atoms with Crippen molar-refractivity contribution in [3.05, 3.63) is 119 Å². The van der Waals surface area contributed by atoms with Crippen molar-refractivity contribution in [2.75, 3.05) is 6.61 Å². The van der Waals surface area contributed by atoms with E-state index in [1.54, 1.807) is 73.7 Å². The van der Waals surface area contributed by atoms with Crippen LogP contribution in [0.2, 0.25) is 0 Å². The highest BCUT2D eigenvalue weighted by molar-refractivity contribution is 5.75. The molecule has 1 nitrogen and oxygen atoms in total. The summed E-state index contributed by atoms with van der Waals surface area (Å²) in [7, 11) is 0. The Hall–Kier alpha value is -4.12. The summed E-state index contributed by atoms with van der Waals surface area (Å²) < 4.78 is 63.2. The van der Waals surface area contributed by atoms with Gasteiger partial charge in [0.15, 0.2) is 23.2 Å². The van der Waals surface area contributed by atoms with Crippen LogP contribution in [0.5, 0.6) is 5.75 Å². The van der Waals surface area contributed by atoms with E-state index in [1.165, 1.54) is 24.3 Å². The second-order valence-electron chi connectivity index (χ2n) is 7.78. The molecule has 0 fully saturated rings. The lowest BCUT2D eigenvalue weighted by molar-refractivity contribution is 0.314. The Bertz CT molecular complexity index is 1390. The van der Waals surface area contributed by atoms with Crippen LogP contribution in [0.15, 0.2) is 79.4 Å². The molecule has 176 valence electrons. The number of hydrogen-bond donors (Lipinski definition) is 0. The second-order valence-corrected chi connectivity index (χ2v) is 7.78. The smallest absolute Gasteiger partial charge is 0.201 e. The first-order valence-electron chi connectivity index (χ1n) is 11.0. The van der Waals surface area contributed by atoms with E-state index < -0.39 is 23.3 Å². The van der Waals surface area contributed by atoms with E-state index in [2.05, 4.69) is 6.58 Å². The molecule has 0 aromatic heterocycles. The van der Waals surface area contributed by atoms with Crippen molar-refractivity contribution >= 4 is 18.2 Å². The monoisotopic (exact) mass is 474 g/mol. The Labute approximate surface area is 201 Å². The summed E-state index contributed by atoms with van der Waals surface area (Å²) >= 11 is 0. The summed E-state index contributed by atoms with van der Waals surface area (Å²) in [5.74, 6) is -4.04. The van der Waals surface area contributed by atoms with E-state index in [1.807, 2.05) is 0 Å². The van der Waals surface area contributed by atoms with Crippen molar-refractivity contribution in [2.45, 2.75) is 6.92 Å². The zero-order valence-corrected chi connectivity index (χ0v) is 19.0. The molecule has 0 saturated heterocycles. The number of halogens is 4. The van der Waals surface area contributed by atoms with Gasteiger partial charge in [0, 0.05) is 16.7 Å². The summed E-state index contributed by atoms with van der Waals surface area (Å²) in [6.45, 7) is 5.60. The number of rotatable bonds is 7. The minimum absolute atomic E-state index is 0.0693. The molecule has 35 heavy (non-hydrogen) atoms. The lowest BCUT2D eigenvalue weighted by Gasteiger charge is -2.10. The number of hydrogen-bond acceptors (Lipinski definition) is 1. The first-order valence-corrected chi connectivity index (χ1v) is 11.0. The van der Waals surface area contributed by atoms with Gasteiger partial charge in [0.2, 0.25) is 5.82 Å². The first-order chi connectivity index (χ1) is 16.9. The van der Waals surface area contributed by atoms with Crippen LogP contribution in [0.3, 0.4) is 0 Å². The topological polar surface area (TPSA) is 9.23 Å². The molecular formula is C30H22F4O. The summed E-state index contributed by atoms with van der Waals surface area (Å²) in [6.07, 6.45) is 4.72. The number of benzene rings is 4. The van der Waals surface area contributed by atoms with Crippen LogP contribution in [0.4, 0.5) is 17.6 Å². The van der Waals surface area contributed by atoms with Gasteiger partial charge in [-0.25, -0.2) is 13.2 Å². The molecule has 0 N–H and O–H groups in total. The van der Waals surface area contributed by atoms with E-state index in [-0.39, 0.29) is 29.0 Å². The fraction of sp³-hybridized carbons (Fsp3) is 0.0667. The average molecular weight is 474 g/mol. The Morgan fingerprint density at radius 2 is 1.17 bits per heavy atom. The van der Waals surface area contributed by atoms with Crippen LogP contribution in [0, 0.1) is 23.3 Å². The van der Waals surface area contributed by atoms with Gasteiger partial charge in [-0.2, -0.15) is 4.39 Å². The molecule has 4 rings (SSSR count). The first kappa shape index (κ1) is 24.0. The van der Waals surface area contributed by atoms with Crippen LogP contribution in [-0.2, 0) is 0 Å². The third-order valence-corrected chi connectivity index (χ3v) is 5.59. The van der Waals surface area contributed by atoms with E-state index in [0.29, 0.717) is 16.7 Å². The molecule has 0 saturated carbocycles. The minimum atomic E-state index is -1.04. The molecule has 0 heterocycles. The lowest BCUT2D eigenvalue weighted by atomic mass is 9.97. The van der Waals surface area contributed by atoms with Crippen LogP contribution >= 0.6 is 0 Å². The standard InChI is InChI=1S/C30H22F4O/c1-3-19-5-10-21(11-6-19)24-16-17-25(29(33)28(24)32)22-12-7-20(8-13-22)9-14-23-15-18-26(35-4-2)30(34)27(23)31/h3,5-18H,1,4H2,2H3. The van der Waals surface area contributed by atoms with Gasteiger partial charge in [0.1, 0.15) is 0 Å². The van der Waals surface area contributed by atoms with Crippen molar-refractivity contribution in [1.82, 2.24) is 0 Å². The Morgan fingerprint density at radius 1 is 0.629 bits per heavy atom. The fourth-order valence-corrected chi connectivity index (χ4v) is 3.70. The third-order valence-electron chi connectivity index (χ3n) is 5.59. The molecule has 0 radical (unpaired) electrons. The molecule has 0 bridgehead atoms. The van der Waals surface area contributed by atoms with Gasteiger partial charge in [-0.1, -0.05) is 85.5 Å². The molecule has 5 heteroatoms. The summed E-state index contributed by atoms with van der Waals surface area (Å²) in [6, 6.07) is 19.6. The van der Waals surface area contributed by atoms with Crippen molar-refractivity contribution in [1.29, 1.82) is 0 Å². The van der Waals surface area contributed by atoms with Crippen molar-refractivity contribution in [3.8, 4) is 28.0 Å². The lowest BCUT2D eigenvalue weighted by Crippen LogP contribution is -1.98. The summed E-state index contributed by atoms with van der Waals surface area (Å²) in [5.41, 5.74) is 3.00. The molecular weight excluding hydrogens is 452 g/mol. The van der Waals surface area contributed by atoms with Gasteiger partial charge in [0.25, 0.3) is 0 Å². The van der Waals surface area contributed by atoms with E-state index in [9.17, 15) is 17.6 Å². The van der Waals surface area contributed by atoms with Crippen molar-refractivity contribution in [3.63, 3.8) is 0 Å². The maximum Gasteiger partial charge on any atom is 0.201 e. The highest BCUT2D eigenvalue weighted by Gasteiger charge is 2.16. The molecule has 0 atom stereocenters. The maximum absolute atomic E-state index is 14.9. The predicted octanol–water partition coefficient (Wildman–Crippen LogP) is 8.79. The minimum Gasteiger partial charge on any atom is -0.491 e. The molecule has 4 aromatic carbocycles. The van der Waals surface area contributed by atoms with E-state index in [0.717, 1.165) is 5.56 Å². The average Bonchev–Trinajstić information content (AvgIpc) is 2.88. The molecule has 4 aromatic rings. The molecule has 0 aliphatic carbocycles. The largest absolute Gasteiger partial charge is 0.491 e. The van der Waals surface area contributed by atoms with Crippen molar-refractivity contribution in [2.24, 2.45) is 0 Å². The quantitative estimate of drug-likeness (QED) is 0.192. The Morgan fingerprint density at radius 3 is 1.69 bits per heavy atom. The molecule has 0 spiro atoms. The molecule has 0 aliphatic rings. The fourth-order valence-electron chi connectivity index (χ4n) is 3.70. The zero-order chi connectivity index (χ0) is 24.9. The van der Waals surface area contributed by atoms with Crippen LogP contribution in [-0.4, -0.2) is 6.61 Å². The van der Waals surface area contributed by atoms with Gasteiger partial charge in [-0.3, -0.25) is 0 Å². The molecule has 0 unspecified atom stereocenters. The second kappa shape index (κ2) is 10.4. The van der Waals surface area contributed by atoms with E-state index in [4.69, 9.17) is 4.74 Å². The SMILES string of the molecule is C=Cc1ccc(-c2ccc(-c3ccc(C=Cc4ccc(OCC)c(F)c4F)cc3)c(F)c2F)cc1. The number of ether oxygens (including phenoxy) is 1. The van der Waals surface area contributed by atoms with Gasteiger partial charge < -0.3 is 4.74 Å². The summed E-state index contributed by atoms with van der Waals surface area (Å²) in [4.78, 5) is 0. The highest BCUT2D eigenvalue weighted by Crippen LogP contribution is 2.32. The van der Waals surface area contributed by atoms with Crippen LogP contribution < -0.4 is 4.74 Å². The predicted molar refractivity (Wildman–Crippen MR) is 134 cm³/mol. The Balaban J connectivity index is 1.56.